The molecule has 1 aliphatic heterocycles. The smallest absolute Gasteiger partial charge is 0.295 e. The Labute approximate surface area is 203 Å². The van der Waals surface area contributed by atoms with Crippen LogP contribution in [0.15, 0.2) is 54.7 Å². The molecule has 1 unspecified atom stereocenters. The minimum atomic E-state index is -0.554. The molecular formula is C27H28N6O2. The number of hydrogen-bond acceptors (Lipinski definition) is 6. The van der Waals surface area contributed by atoms with Crippen molar-refractivity contribution in [2.45, 2.75) is 38.9 Å². The number of pyridine rings is 1. The fourth-order valence-electron chi connectivity index (χ4n) is 4.74. The summed E-state index contributed by atoms with van der Waals surface area (Å²) in [6, 6.07) is 15.8. The number of hydrogen-bond donors (Lipinski definition) is 2. The van der Waals surface area contributed by atoms with Crippen molar-refractivity contribution in [2.24, 2.45) is 5.73 Å². The Morgan fingerprint density at radius 1 is 1.17 bits per heavy atom. The maximum Gasteiger partial charge on any atom is 0.295 e. The van der Waals surface area contributed by atoms with Crippen molar-refractivity contribution in [2.75, 3.05) is 18.0 Å². The van der Waals surface area contributed by atoms with Crippen molar-refractivity contribution in [1.29, 1.82) is 0 Å². The van der Waals surface area contributed by atoms with Crippen LogP contribution in [-0.4, -0.2) is 49.8 Å². The molecule has 35 heavy (non-hydrogen) atoms. The number of amides is 1. The van der Waals surface area contributed by atoms with Gasteiger partial charge in [0.15, 0.2) is 0 Å². The van der Waals surface area contributed by atoms with Crippen molar-refractivity contribution in [3.8, 4) is 11.8 Å². The summed E-state index contributed by atoms with van der Waals surface area (Å²) in [7, 11) is 0. The SMILES string of the molecule is CC#CCn1c(C(=O)N(O)Cc2nc3ccccc3c3ccccc23)cnc1N1CCCC(N)C1. The average Bonchev–Trinajstić information content (AvgIpc) is 3.31. The lowest BCUT2D eigenvalue weighted by molar-refractivity contribution is -0.0658. The number of aromatic nitrogens is 3. The summed E-state index contributed by atoms with van der Waals surface area (Å²) >= 11 is 0. The van der Waals surface area contributed by atoms with E-state index in [2.05, 4.69) is 21.7 Å². The molecule has 2 aromatic heterocycles. The number of carbonyl (C=O) groups excluding carboxylic acids is 1. The first-order chi connectivity index (χ1) is 17.1. The third-order valence-corrected chi connectivity index (χ3v) is 6.43. The maximum absolute atomic E-state index is 13.4. The lowest BCUT2D eigenvalue weighted by Crippen LogP contribution is -2.44. The zero-order valence-corrected chi connectivity index (χ0v) is 19.7. The molecule has 2 aromatic carbocycles. The minimum absolute atomic E-state index is 0.0568. The summed E-state index contributed by atoms with van der Waals surface area (Å²) < 4.78 is 1.76. The van der Waals surface area contributed by atoms with Gasteiger partial charge in [-0.1, -0.05) is 48.4 Å². The Morgan fingerprint density at radius 3 is 2.69 bits per heavy atom. The number of rotatable bonds is 5. The molecule has 0 bridgehead atoms. The summed E-state index contributed by atoms with van der Waals surface area (Å²) in [4.78, 5) is 24.8. The van der Waals surface area contributed by atoms with E-state index in [0.717, 1.165) is 41.1 Å². The monoisotopic (exact) mass is 468 g/mol. The first-order valence-corrected chi connectivity index (χ1v) is 11.8. The second kappa shape index (κ2) is 9.74. The first-order valence-electron chi connectivity index (χ1n) is 11.8. The summed E-state index contributed by atoms with van der Waals surface area (Å²) in [5, 5.41) is 14.6. The van der Waals surface area contributed by atoms with Gasteiger partial charge >= 0.3 is 0 Å². The number of fused-ring (bicyclic) bond motifs is 3. The van der Waals surface area contributed by atoms with E-state index < -0.39 is 5.91 Å². The number of nitrogens with zero attached hydrogens (tertiary/aromatic N) is 5. The molecular weight excluding hydrogens is 440 g/mol. The van der Waals surface area contributed by atoms with E-state index >= 15 is 0 Å². The highest BCUT2D eigenvalue weighted by atomic mass is 16.5. The van der Waals surface area contributed by atoms with E-state index in [1.165, 1.54) is 6.20 Å². The van der Waals surface area contributed by atoms with Gasteiger partial charge in [0.1, 0.15) is 5.69 Å². The Morgan fingerprint density at radius 2 is 1.91 bits per heavy atom. The molecule has 1 amide bonds. The van der Waals surface area contributed by atoms with E-state index in [-0.39, 0.29) is 18.3 Å². The number of carbonyl (C=O) groups is 1. The van der Waals surface area contributed by atoms with E-state index in [9.17, 15) is 10.0 Å². The van der Waals surface area contributed by atoms with Crippen LogP contribution < -0.4 is 10.6 Å². The molecule has 178 valence electrons. The summed E-state index contributed by atoms with van der Waals surface area (Å²) in [5.74, 6) is 5.99. The van der Waals surface area contributed by atoms with Crippen LogP contribution in [0.5, 0.6) is 0 Å². The van der Waals surface area contributed by atoms with E-state index in [4.69, 9.17) is 10.7 Å². The number of nitrogens with two attached hydrogens (primary N) is 1. The van der Waals surface area contributed by atoms with Gasteiger partial charge in [0.2, 0.25) is 5.95 Å². The molecule has 1 fully saturated rings. The van der Waals surface area contributed by atoms with Crippen molar-refractivity contribution in [3.05, 3.63) is 66.1 Å². The standard InChI is InChI=1S/C27H28N6O2/c1-2-3-15-32-25(16-29-27(32)31-14-8-9-19(28)17-31)26(34)33(35)18-24-22-12-5-4-10-20(22)21-11-6-7-13-23(21)30-24/h4-7,10-13,16,19,35H,8-9,14-15,17-18,28H2,1H3. The topological polar surface area (TPSA) is 101 Å². The number of piperidine rings is 1. The van der Waals surface area contributed by atoms with Crippen LogP contribution in [-0.2, 0) is 13.1 Å². The highest BCUT2D eigenvalue weighted by molar-refractivity contribution is 6.06. The quantitative estimate of drug-likeness (QED) is 0.201. The van der Waals surface area contributed by atoms with Crippen molar-refractivity contribution >= 4 is 33.5 Å². The van der Waals surface area contributed by atoms with Crippen LogP contribution >= 0.6 is 0 Å². The highest BCUT2D eigenvalue weighted by Gasteiger charge is 2.26. The van der Waals surface area contributed by atoms with E-state index in [0.29, 0.717) is 29.8 Å². The summed E-state index contributed by atoms with van der Waals surface area (Å²) in [5.41, 5.74) is 7.88. The molecule has 0 aliphatic carbocycles. The first kappa shape index (κ1) is 22.8. The maximum atomic E-state index is 13.4. The third kappa shape index (κ3) is 4.44. The molecule has 0 saturated carbocycles. The van der Waals surface area contributed by atoms with Crippen LogP contribution in [0, 0.1) is 11.8 Å². The summed E-state index contributed by atoms with van der Waals surface area (Å²) in [6.45, 7) is 3.47. The van der Waals surface area contributed by atoms with Gasteiger partial charge in [-0.15, -0.1) is 5.92 Å². The van der Waals surface area contributed by atoms with Gasteiger partial charge in [-0.05, 0) is 31.2 Å². The summed E-state index contributed by atoms with van der Waals surface area (Å²) in [6.07, 6.45) is 3.43. The van der Waals surface area contributed by atoms with Crippen molar-refractivity contribution in [3.63, 3.8) is 0 Å². The average molecular weight is 469 g/mol. The predicted molar refractivity (Wildman–Crippen MR) is 136 cm³/mol. The van der Waals surface area contributed by atoms with Crippen LogP contribution in [0.3, 0.4) is 0 Å². The molecule has 3 heterocycles. The molecule has 8 nitrogen and oxygen atoms in total. The van der Waals surface area contributed by atoms with Crippen LogP contribution in [0.2, 0.25) is 0 Å². The van der Waals surface area contributed by atoms with Crippen molar-refractivity contribution < 1.29 is 10.0 Å². The molecule has 3 N–H and O–H groups in total. The fraction of sp³-hybridized carbons (Fsp3) is 0.296. The molecule has 0 spiro atoms. The molecule has 0 radical (unpaired) electrons. The van der Waals surface area contributed by atoms with E-state index in [1.54, 1.807) is 11.5 Å². The van der Waals surface area contributed by atoms with Gasteiger partial charge in [0.25, 0.3) is 5.91 Å². The zero-order chi connectivity index (χ0) is 24.4. The second-order valence-corrected chi connectivity index (χ2v) is 8.79. The molecule has 1 atom stereocenters. The number of hydroxylamine groups is 2. The number of para-hydroxylation sites is 1. The molecule has 5 rings (SSSR count). The Bertz CT molecular complexity index is 1450. The van der Waals surface area contributed by atoms with Gasteiger partial charge in [0, 0.05) is 29.9 Å². The van der Waals surface area contributed by atoms with Crippen LogP contribution in [0.1, 0.15) is 35.9 Å². The van der Waals surface area contributed by atoms with E-state index in [1.807, 2.05) is 48.5 Å². The molecule has 1 saturated heterocycles. The minimum Gasteiger partial charge on any atom is -0.341 e. The largest absolute Gasteiger partial charge is 0.341 e. The number of imidazole rings is 1. The fourth-order valence-corrected chi connectivity index (χ4v) is 4.74. The number of anilines is 1. The highest BCUT2D eigenvalue weighted by Crippen LogP contribution is 2.27. The van der Waals surface area contributed by atoms with Crippen molar-refractivity contribution in [1.82, 2.24) is 19.6 Å². The molecule has 1 aliphatic rings. The normalized spacial score (nSPS) is 15.7. The van der Waals surface area contributed by atoms with Crippen LogP contribution in [0.4, 0.5) is 5.95 Å². The van der Waals surface area contributed by atoms with Crippen LogP contribution in [0.25, 0.3) is 21.7 Å². The zero-order valence-electron chi connectivity index (χ0n) is 19.7. The van der Waals surface area contributed by atoms with Gasteiger partial charge < -0.3 is 10.6 Å². The predicted octanol–water partition coefficient (Wildman–Crippen LogP) is 3.57. The Hall–Kier alpha value is -3.93. The van der Waals surface area contributed by atoms with Gasteiger partial charge in [-0.25, -0.2) is 10.0 Å². The van der Waals surface area contributed by atoms with Gasteiger partial charge in [-0.2, -0.15) is 0 Å². The lowest BCUT2D eigenvalue weighted by atomic mass is 10.0. The number of benzene rings is 2. The van der Waals surface area contributed by atoms with Gasteiger partial charge in [0.05, 0.1) is 30.5 Å². The lowest BCUT2D eigenvalue weighted by Gasteiger charge is -2.32. The third-order valence-electron chi connectivity index (χ3n) is 6.43. The molecule has 4 aromatic rings. The Kier molecular flexibility index (Phi) is 6.36. The Balaban J connectivity index is 1.48. The molecule has 8 heteroatoms. The second-order valence-electron chi connectivity index (χ2n) is 8.79. The van der Waals surface area contributed by atoms with Gasteiger partial charge in [-0.3, -0.25) is 19.6 Å².